The third-order valence-corrected chi connectivity index (χ3v) is 3.31. The average Bonchev–Trinajstić information content (AvgIpc) is 2.55. The first kappa shape index (κ1) is 13.0. The molecule has 21 heavy (non-hydrogen) atoms. The van der Waals surface area contributed by atoms with Crippen LogP contribution in [0, 0.1) is 0 Å². The molecule has 4 nitrogen and oxygen atoms in total. The van der Waals surface area contributed by atoms with E-state index in [2.05, 4.69) is 9.98 Å². The molecular weight excluding hydrogens is 264 g/mol. The van der Waals surface area contributed by atoms with Crippen LogP contribution in [0.25, 0.3) is 22.0 Å². The summed E-state index contributed by atoms with van der Waals surface area (Å²) in [5, 5.41) is 0.809. The fourth-order valence-corrected chi connectivity index (χ4v) is 2.39. The predicted molar refractivity (Wildman–Crippen MR) is 81.5 cm³/mol. The highest BCUT2D eigenvalue weighted by Crippen LogP contribution is 2.36. The molecule has 102 valence electrons. The van der Waals surface area contributed by atoms with Gasteiger partial charge in [-0.15, -0.1) is 0 Å². The van der Waals surface area contributed by atoms with Crippen molar-refractivity contribution in [3.8, 4) is 16.9 Å². The number of ether oxygens (including phenoxy) is 1. The number of benzene rings is 2. The Balaban J connectivity index is 2.34. The van der Waals surface area contributed by atoms with Gasteiger partial charge in [-0.05, 0) is 12.1 Å². The van der Waals surface area contributed by atoms with Gasteiger partial charge in [0.1, 0.15) is 5.75 Å². The summed E-state index contributed by atoms with van der Waals surface area (Å²) in [4.78, 5) is 18.7. The van der Waals surface area contributed by atoms with Crippen molar-refractivity contribution in [2.75, 3.05) is 7.11 Å². The van der Waals surface area contributed by atoms with Gasteiger partial charge in [-0.25, -0.2) is 4.79 Å². The highest BCUT2D eigenvalue weighted by molar-refractivity contribution is 6.00. The highest BCUT2D eigenvalue weighted by atomic mass is 16.5. The number of aliphatic imine (C=N–C) groups is 1. The van der Waals surface area contributed by atoms with Crippen LogP contribution in [0.2, 0.25) is 0 Å². The van der Waals surface area contributed by atoms with Crippen LogP contribution in [0.5, 0.6) is 5.75 Å². The lowest BCUT2D eigenvalue weighted by atomic mass is 10.0. The number of nitrogens with zero attached hydrogens (tertiary/aromatic N) is 2. The van der Waals surface area contributed by atoms with E-state index < -0.39 is 0 Å². The molecule has 1 aromatic heterocycles. The number of hydrogen-bond acceptors (Lipinski definition) is 4. The second-order valence-corrected chi connectivity index (χ2v) is 4.44. The number of carbonyl (C=O) groups excluding carboxylic acids is 1. The Morgan fingerprint density at radius 3 is 2.67 bits per heavy atom. The molecule has 0 amide bonds. The van der Waals surface area contributed by atoms with Crippen molar-refractivity contribution in [2.24, 2.45) is 4.99 Å². The van der Waals surface area contributed by atoms with Gasteiger partial charge in [0.25, 0.3) is 0 Å². The molecule has 0 fully saturated rings. The second-order valence-electron chi connectivity index (χ2n) is 4.44. The molecule has 3 rings (SSSR count). The molecule has 3 aromatic rings. The zero-order chi connectivity index (χ0) is 14.7. The zero-order valence-electron chi connectivity index (χ0n) is 11.4. The lowest BCUT2D eigenvalue weighted by Gasteiger charge is -2.11. The highest BCUT2D eigenvalue weighted by Gasteiger charge is 2.11. The molecule has 0 bridgehead atoms. The number of para-hydroxylation sites is 2. The molecule has 0 saturated carbocycles. The van der Waals surface area contributed by atoms with Crippen molar-refractivity contribution in [1.82, 2.24) is 4.98 Å². The maximum atomic E-state index is 10.5. The maximum Gasteiger partial charge on any atom is 0.240 e. The van der Waals surface area contributed by atoms with Gasteiger partial charge in [0.2, 0.25) is 6.08 Å². The Morgan fingerprint density at radius 2 is 1.86 bits per heavy atom. The SMILES string of the molecule is COc1ccccc1-c1cccc2c(N=C=O)ccnc12. The number of methoxy groups -OCH3 is 1. The molecule has 0 atom stereocenters. The Bertz CT molecular complexity index is 852. The molecular formula is C17H12N2O2. The molecule has 0 spiro atoms. The Morgan fingerprint density at radius 1 is 1.05 bits per heavy atom. The van der Waals surface area contributed by atoms with Crippen molar-refractivity contribution in [3.63, 3.8) is 0 Å². The molecule has 0 aliphatic heterocycles. The van der Waals surface area contributed by atoms with E-state index in [0.29, 0.717) is 5.69 Å². The van der Waals surface area contributed by atoms with Crippen molar-refractivity contribution in [3.05, 3.63) is 54.7 Å². The minimum Gasteiger partial charge on any atom is -0.496 e. The summed E-state index contributed by atoms with van der Waals surface area (Å²) in [7, 11) is 1.64. The first-order chi connectivity index (χ1) is 10.3. The average molecular weight is 276 g/mol. The van der Waals surface area contributed by atoms with Crippen LogP contribution in [-0.4, -0.2) is 18.2 Å². The molecule has 0 saturated heterocycles. The van der Waals surface area contributed by atoms with E-state index in [9.17, 15) is 4.79 Å². The topological polar surface area (TPSA) is 51.5 Å². The summed E-state index contributed by atoms with van der Waals surface area (Å²) in [6.07, 6.45) is 3.22. The molecule has 1 heterocycles. The molecule has 0 aliphatic rings. The van der Waals surface area contributed by atoms with Crippen LogP contribution < -0.4 is 4.74 Å². The van der Waals surface area contributed by atoms with E-state index in [0.717, 1.165) is 27.8 Å². The molecule has 2 aromatic carbocycles. The standard InChI is InChI=1S/C17H12N2O2/c1-21-16-8-3-2-5-12(16)13-6-4-7-14-15(19-11-20)9-10-18-17(13)14/h2-10H,1H3. The fraction of sp³-hybridized carbons (Fsp3) is 0.0588. The summed E-state index contributed by atoms with van der Waals surface area (Å²) in [6, 6.07) is 15.2. The van der Waals surface area contributed by atoms with Crippen LogP contribution in [0.15, 0.2) is 59.7 Å². The van der Waals surface area contributed by atoms with Crippen LogP contribution in [0.4, 0.5) is 5.69 Å². The van der Waals surface area contributed by atoms with E-state index in [1.54, 1.807) is 25.5 Å². The number of pyridine rings is 1. The van der Waals surface area contributed by atoms with E-state index in [1.165, 1.54) is 0 Å². The van der Waals surface area contributed by atoms with Gasteiger partial charge in [0.05, 0.1) is 18.3 Å². The van der Waals surface area contributed by atoms with Crippen LogP contribution in [0.1, 0.15) is 0 Å². The van der Waals surface area contributed by atoms with Gasteiger partial charge in [0, 0.05) is 22.7 Å². The number of rotatable bonds is 3. The Kier molecular flexibility index (Phi) is 3.46. The number of fused-ring (bicyclic) bond motifs is 1. The van der Waals surface area contributed by atoms with E-state index in [1.807, 2.05) is 42.5 Å². The van der Waals surface area contributed by atoms with Gasteiger partial charge in [0.15, 0.2) is 0 Å². The van der Waals surface area contributed by atoms with Crippen LogP contribution >= 0.6 is 0 Å². The lowest BCUT2D eigenvalue weighted by molar-refractivity contribution is 0.416. The summed E-state index contributed by atoms with van der Waals surface area (Å²) in [5.74, 6) is 0.774. The number of aromatic nitrogens is 1. The van der Waals surface area contributed by atoms with E-state index in [-0.39, 0.29) is 0 Å². The summed E-state index contributed by atoms with van der Waals surface area (Å²) in [5.41, 5.74) is 3.23. The minimum atomic E-state index is 0.562. The summed E-state index contributed by atoms with van der Waals surface area (Å²) in [6.45, 7) is 0. The second kappa shape index (κ2) is 5.57. The smallest absolute Gasteiger partial charge is 0.240 e. The molecule has 0 aliphatic carbocycles. The summed E-state index contributed by atoms with van der Waals surface area (Å²) < 4.78 is 5.41. The van der Waals surface area contributed by atoms with E-state index in [4.69, 9.17) is 4.74 Å². The van der Waals surface area contributed by atoms with Gasteiger partial charge in [-0.1, -0.05) is 36.4 Å². The largest absolute Gasteiger partial charge is 0.496 e. The van der Waals surface area contributed by atoms with Crippen molar-refractivity contribution >= 4 is 22.7 Å². The normalized spacial score (nSPS) is 10.1. The first-order valence-electron chi connectivity index (χ1n) is 6.44. The van der Waals surface area contributed by atoms with Crippen molar-refractivity contribution < 1.29 is 9.53 Å². The Labute approximate surface area is 121 Å². The van der Waals surface area contributed by atoms with Crippen LogP contribution in [-0.2, 0) is 4.79 Å². The maximum absolute atomic E-state index is 10.5. The molecule has 0 unspecified atom stereocenters. The van der Waals surface area contributed by atoms with Crippen molar-refractivity contribution in [1.29, 1.82) is 0 Å². The third kappa shape index (κ3) is 2.29. The van der Waals surface area contributed by atoms with Gasteiger partial charge in [-0.3, -0.25) is 4.98 Å². The van der Waals surface area contributed by atoms with Gasteiger partial charge in [-0.2, -0.15) is 4.99 Å². The quantitative estimate of drug-likeness (QED) is 0.539. The zero-order valence-corrected chi connectivity index (χ0v) is 11.4. The Hall–Kier alpha value is -2.97. The van der Waals surface area contributed by atoms with Crippen molar-refractivity contribution in [2.45, 2.75) is 0 Å². The molecule has 4 heteroatoms. The van der Waals surface area contributed by atoms with Crippen LogP contribution in [0.3, 0.4) is 0 Å². The summed E-state index contributed by atoms with van der Waals surface area (Å²) >= 11 is 0. The number of isocyanates is 1. The predicted octanol–water partition coefficient (Wildman–Crippen LogP) is 3.88. The molecule has 0 radical (unpaired) electrons. The number of hydrogen-bond donors (Lipinski definition) is 0. The van der Waals surface area contributed by atoms with Gasteiger partial charge >= 0.3 is 0 Å². The first-order valence-corrected chi connectivity index (χ1v) is 6.44. The van der Waals surface area contributed by atoms with E-state index >= 15 is 0 Å². The van der Waals surface area contributed by atoms with Gasteiger partial charge < -0.3 is 4.74 Å². The third-order valence-electron chi connectivity index (χ3n) is 3.31. The minimum absolute atomic E-state index is 0.562. The molecule has 0 N–H and O–H groups in total. The fourth-order valence-electron chi connectivity index (χ4n) is 2.39. The monoisotopic (exact) mass is 276 g/mol. The lowest BCUT2D eigenvalue weighted by Crippen LogP contribution is -1.90.